The Labute approximate surface area is 140 Å². The molecule has 0 N–H and O–H groups in total. The second-order valence-electron chi connectivity index (χ2n) is 6.52. The second-order valence-corrected chi connectivity index (χ2v) is 6.52. The minimum Gasteiger partial charge on any atom is -0.207 e. The molecule has 0 heterocycles. The van der Waals surface area contributed by atoms with Crippen molar-refractivity contribution in [2.75, 3.05) is 0 Å². The highest BCUT2D eigenvalue weighted by molar-refractivity contribution is 5.73. The van der Waals surface area contributed by atoms with E-state index >= 15 is 0 Å². The van der Waals surface area contributed by atoms with Gasteiger partial charge in [0.15, 0.2) is 0 Å². The lowest BCUT2D eigenvalue weighted by molar-refractivity contribution is 0.628. The van der Waals surface area contributed by atoms with Gasteiger partial charge >= 0.3 is 0 Å². The average Bonchev–Trinajstić information content (AvgIpc) is 2.55. The molecule has 0 aliphatic heterocycles. The Bertz CT molecular complexity index is 650. The van der Waals surface area contributed by atoms with Gasteiger partial charge in [0.05, 0.1) is 0 Å². The molecule has 1 heteroatoms. The fourth-order valence-corrected chi connectivity index (χ4v) is 2.89. The molecule has 0 fully saturated rings. The molecule has 2 aromatic carbocycles. The molecule has 0 aliphatic carbocycles. The Morgan fingerprint density at radius 3 is 2.35 bits per heavy atom. The summed E-state index contributed by atoms with van der Waals surface area (Å²) in [6.45, 7) is 10.9. The molecule has 0 saturated heterocycles. The van der Waals surface area contributed by atoms with Crippen LogP contribution in [-0.2, 0) is 0 Å². The maximum Gasteiger partial charge on any atom is 0.123 e. The Morgan fingerprint density at radius 1 is 1.04 bits per heavy atom. The smallest absolute Gasteiger partial charge is 0.123 e. The van der Waals surface area contributed by atoms with Gasteiger partial charge in [-0.15, -0.1) is 0 Å². The Hall–Kier alpha value is -1.89. The molecule has 0 aliphatic rings. The fourth-order valence-electron chi connectivity index (χ4n) is 2.89. The maximum absolute atomic E-state index is 13.2. The van der Waals surface area contributed by atoms with Crippen LogP contribution in [-0.4, -0.2) is 0 Å². The first-order chi connectivity index (χ1) is 11.0. The lowest BCUT2D eigenvalue weighted by Crippen LogP contribution is -1.95. The van der Waals surface area contributed by atoms with E-state index < -0.39 is 0 Å². The lowest BCUT2D eigenvalue weighted by atomic mass is 9.89. The Kier molecular flexibility index (Phi) is 6.15. The highest BCUT2D eigenvalue weighted by atomic mass is 19.1. The van der Waals surface area contributed by atoms with E-state index in [0.717, 1.165) is 12.0 Å². The molecule has 23 heavy (non-hydrogen) atoms. The monoisotopic (exact) mass is 310 g/mol. The van der Waals surface area contributed by atoms with E-state index in [0.29, 0.717) is 5.92 Å². The largest absolute Gasteiger partial charge is 0.207 e. The predicted octanol–water partition coefficient (Wildman–Crippen LogP) is 7.21. The second kappa shape index (κ2) is 8.10. The van der Waals surface area contributed by atoms with Crippen molar-refractivity contribution < 1.29 is 4.39 Å². The van der Waals surface area contributed by atoms with Crippen molar-refractivity contribution in [3.05, 3.63) is 66.0 Å². The van der Waals surface area contributed by atoms with E-state index in [4.69, 9.17) is 0 Å². The zero-order valence-electron chi connectivity index (χ0n) is 14.5. The van der Waals surface area contributed by atoms with E-state index in [1.54, 1.807) is 0 Å². The van der Waals surface area contributed by atoms with Crippen LogP contribution in [0.4, 0.5) is 4.39 Å². The standard InChI is InChI=1S/C22H27F/c1-5-6-7-8-17(4)19-11-14-21(22(15-19)16(2)3)18-9-12-20(23)13-10-18/h9-16H,4-8H2,1-3H3. The summed E-state index contributed by atoms with van der Waals surface area (Å²) in [6, 6.07) is 13.3. The molecule has 122 valence electrons. The van der Waals surface area contributed by atoms with Crippen molar-refractivity contribution in [3.63, 3.8) is 0 Å². The van der Waals surface area contributed by atoms with Crippen molar-refractivity contribution in [2.45, 2.75) is 52.4 Å². The summed E-state index contributed by atoms with van der Waals surface area (Å²) in [5, 5.41) is 0. The average molecular weight is 310 g/mol. The molecule has 2 aromatic rings. The summed E-state index contributed by atoms with van der Waals surface area (Å²) < 4.78 is 13.2. The van der Waals surface area contributed by atoms with Crippen LogP contribution in [0.3, 0.4) is 0 Å². The molecule has 0 spiro atoms. The number of unbranched alkanes of at least 4 members (excludes halogenated alkanes) is 2. The first kappa shape index (κ1) is 17.5. The minimum atomic E-state index is -0.194. The molecule has 0 nitrogen and oxygen atoms in total. The highest BCUT2D eigenvalue weighted by Gasteiger charge is 2.11. The van der Waals surface area contributed by atoms with E-state index in [1.807, 2.05) is 12.1 Å². The zero-order chi connectivity index (χ0) is 16.8. The van der Waals surface area contributed by atoms with Gasteiger partial charge in [-0.25, -0.2) is 4.39 Å². The van der Waals surface area contributed by atoms with Gasteiger partial charge in [-0.1, -0.05) is 70.5 Å². The third-order valence-corrected chi connectivity index (χ3v) is 4.32. The molecular weight excluding hydrogens is 283 g/mol. The maximum atomic E-state index is 13.2. The van der Waals surface area contributed by atoms with Crippen LogP contribution in [0, 0.1) is 5.82 Å². The fraction of sp³-hybridized carbons (Fsp3) is 0.364. The predicted molar refractivity (Wildman–Crippen MR) is 99.1 cm³/mol. The van der Waals surface area contributed by atoms with Crippen LogP contribution in [0.5, 0.6) is 0 Å². The van der Waals surface area contributed by atoms with Crippen LogP contribution in [0.2, 0.25) is 0 Å². The van der Waals surface area contributed by atoms with E-state index in [-0.39, 0.29) is 5.82 Å². The van der Waals surface area contributed by atoms with E-state index in [9.17, 15) is 4.39 Å². The van der Waals surface area contributed by atoms with Crippen molar-refractivity contribution in [1.29, 1.82) is 0 Å². The van der Waals surface area contributed by atoms with E-state index in [2.05, 4.69) is 45.5 Å². The summed E-state index contributed by atoms with van der Waals surface area (Å²) in [5.41, 5.74) is 6.00. The SMILES string of the molecule is C=C(CCCCC)c1ccc(-c2ccc(F)cc2)c(C(C)C)c1. The van der Waals surface area contributed by atoms with Crippen LogP contribution >= 0.6 is 0 Å². The van der Waals surface area contributed by atoms with Crippen molar-refractivity contribution in [1.82, 2.24) is 0 Å². The Balaban J connectivity index is 2.31. The summed E-state index contributed by atoms with van der Waals surface area (Å²) in [4.78, 5) is 0. The van der Waals surface area contributed by atoms with Crippen LogP contribution in [0.15, 0.2) is 49.0 Å². The van der Waals surface area contributed by atoms with Gasteiger partial charge in [0.25, 0.3) is 0 Å². The first-order valence-corrected chi connectivity index (χ1v) is 8.61. The number of allylic oxidation sites excluding steroid dienone is 1. The number of rotatable bonds is 7. The molecule has 0 saturated carbocycles. The number of benzene rings is 2. The van der Waals surface area contributed by atoms with E-state index in [1.165, 1.54) is 53.7 Å². The quantitative estimate of drug-likeness (QED) is 0.474. The number of halogens is 1. The van der Waals surface area contributed by atoms with Crippen LogP contribution in [0.25, 0.3) is 16.7 Å². The van der Waals surface area contributed by atoms with Crippen molar-refractivity contribution >= 4 is 5.57 Å². The molecule has 0 atom stereocenters. The molecular formula is C22H27F. The van der Waals surface area contributed by atoms with Gasteiger partial charge in [-0.2, -0.15) is 0 Å². The third kappa shape index (κ3) is 4.54. The first-order valence-electron chi connectivity index (χ1n) is 8.61. The van der Waals surface area contributed by atoms with Gasteiger partial charge < -0.3 is 0 Å². The molecule has 0 unspecified atom stereocenters. The zero-order valence-corrected chi connectivity index (χ0v) is 14.5. The van der Waals surface area contributed by atoms with Gasteiger partial charge in [0.1, 0.15) is 5.82 Å². The topological polar surface area (TPSA) is 0 Å². The number of hydrogen-bond donors (Lipinski definition) is 0. The van der Waals surface area contributed by atoms with Crippen molar-refractivity contribution in [3.8, 4) is 11.1 Å². The number of hydrogen-bond acceptors (Lipinski definition) is 0. The summed E-state index contributed by atoms with van der Waals surface area (Å²) in [6.07, 6.45) is 4.74. The molecule has 2 rings (SSSR count). The summed E-state index contributed by atoms with van der Waals surface area (Å²) >= 11 is 0. The van der Waals surface area contributed by atoms with Gasteiger partial charge in [-0.05, 0) is 58.7 Å². The van der Waals surface area contributed by atoms with Gasteiger partial charge in [0.2, 0.25) is 0 Å². The lowest BCUT2D eigenvalue weighted by Gasteiger charge is -2.16. The minimum absolute atomic E-state index is 0.194. The Morgan fingerprint density at radius 2 is 1.74 bits per heavy atom. The van der Waals surface area contributed by atoms with Gasteiger partial charge in [0, 0.05) is 0 Å². The third-order valence-electron chi connectivity index (χ3n) is 4.32. The molecule has 0 bridgehead atoms. The molecule has 0 amide bonds. The molecule has 0 aromatic heterocycles. The highest BCUT2D eigenvalue weighted by Crippen LogP contribution is 2.32. The summed E-state index contributed by atoms with van der Waals surface area (Å²) in [7, 11) is 0. The van der Waals surface area contributed by atoms with Gasteiger partial charge in [-0.3, -0.25) is 0 Å². The van der Waals surface area contributed by atoms with Crippen LogP contribution < -0.4 is 0 Å². The molecule has 0 radical (unpaired) electrons. The van der Waals surface area contributed by atoms with Crippen molar-refractivity contribution in [2.24, 2.45) is 0 Å². The van der Waals surface area contributed by atoms with Crippen LogP contribution in [0.1, 0.15) is 63.5 Å². The summed E-state index contributed by atoms with van der Waals surface area (Å²) in [5.74, 6) is 0.221. The normalized spacial score (nSPS) is 11.0.